The van der Waals surface area contributed by atoms with Crippen LogP contribution in [0.1, 0.15) is 40.5 Å². The van der Waals surface area contributed by atoms with E-state index in [1.165, 1.54) is 0 Å². The number of aliphatic hydroxyl groups excluding tert-OH is 4. The molecule has 8 nitrogen and oxygen atoms in total. The minimum absolute atomic E-state index is 0.121. The molecule has 1 saturated carbocycles. The molecule has 0 spiro atoms. The van der Waals surface area contributed by atoms with Gasteiger partial charge < -0.3 is 35.0 Å². The number of ketones is 1. The molecule has 2 fully saturated rings. The Kier molecular flexibility index (Phi) is 6.85. The first kappa shape index (κ1) is 22.4. The van der Waals surface area contributed by atoms with Crippen molar-refractivity contribution in [1.29, 1.82) is 0 Å². The van der Waals surface area contributed by atoms with Gasteiger partial charge in [-0.15, -0.1) is 0 Å². The van der Waals surface area contributed by atoms with Gasteiger partial charge in [-0.2, -0.15) is 0 Å². The minimum Gasteiger partial charge on any atom is -0.394 e. The summed E-state index contributed by atoms with van der Waals surface area (Å²) in [5.41, 5.74) is -1.84. The van der Waals surface area contributed by atoms with E-state index in [-0.39, 0.29) is 18.1 Å². The summed E-state index contributed by atoms with van der Waals surface area (Å²) in [7, 11) is 0. The molecule has 0 bridgehead atoms. The van der Waals surface area contributed by atoms with Gasteiger partial charge in [0.1, 0.15) is 30.2 Å². The zero-order valence-corrected chi connectivity index (χ0v) is 16.3. The highest BCUT2D eigenvalue weighted by molar-refractivity contribution is 5.81. The topological polar surface area (TPSA) is 137 Å². The van der Waals surface area contributed by atoms with Crippen LogP contribution in [0.15, 0.2) is 12.2 Å². The van der Waals surface area contributed by atoms with Gasteiger partial charge in [0, 0.05) is 18.3 Å². The van der Waals surface area contributed by atoms with E-state index in [1.54, 1.807) is 19.1 Å². The number of hydrogen-bond acceptors (Lipinski definition) is 8. The Labute approximate surface area is 159 Å². The van der Waals surface area contributed by atoms with Crippen LogP contribution in [0.25, 0.3) is 0 Å². The van der Waals surface area contributed by atoms with Crippen LogP contribution >= 0.6 is 0 Å². The molecule has 27 heavy (non-hydrogen) atoms. The molecule has 0 aromatic carbocycles. The van der Waals surface area contributed by atoms with Crippen molar-refractivity contribution >= 4 is 5.78 Å². The molecule has 2 aliphatic rings. The molecule has 0 aromatic rings. The monoisotopic (exact) mass is 388 g/mol. The third kappa shape index (κ3) is 4.42. The highest BCUT2D eigenvalue weighted by Crippen LogP contribution is 2.46. The number of carbonyl (C=O) groups is 1. The average molecular weight is 388 g/mol. The van der Waals surface area contributed by atoms with E-state index >= 15 is 0 Å². The van der Waals surface area contributed by atoms with Crippen LogP contribution in [0.4, 0.5) is 0 Å². The van der Waals surface area contributed by atoms with Gasteiger partial charge in [0.25, 0.3) is 0 Å². The largest absolute Gasteiger partial charge is 0.394 e. The van der Waals surface area contributed by atoms with E-state index in [0.717, 1.165) is 0 Å². The summed E-state index contributed by atoms with van der Waals surface area (Å²) in [5, 5.41) is 50.1. The van der Waals surface area contributed by atoms with Crippen molar-refractivity contribution in [1.82, 2.24) is 0 Å². The van der Waals surface area contributed by atoms with E-state index in [9.17, 15) is 30.3 Å². The molecule has 8 heteroatoms. The van der Waals surface area contributed by atoms with Crippen molar-refractivity contribution in [3.05, 3.63) is 12.2 Å². The Morgan fingerprint density at radius 2 is 1.89 bits per heavy atom. The Morgan fingerprint density at radius 1 is 1.26 bits per heavy atom. The van der Waals surface area contributed by atoms with Crippen LogP contribution in [0.3, 0.4) is 0 Å². The standard InChI is InChI=1S/C19H32O8/c1-10-7-12(21)8-18(3,4)19(10,25)6-5-11(2)26-17-16(24)15(23)14(22)13(9-20)27-17/h5-6,10-11,13-17,20,22-25H,7-9H2,1-4H3/b6-5+/t10-,11+,13-,14-,15+,16-,17-,19-/m0/s1. The van der Waals surface area contributed by atoms with Crippen LogP contribution in [-0.2, 0) is 14.3 Å². The third-order valence-corrected chi connectivity index (χ3v) is 5.83. The highest BCUT2D eigenvalue weighted by Gasteiger charge is 2.50. The van der Waals surface area contributed by atoms with Crippen LogP contribution in [0, 0.1) is 11.3 Å². The van der Waals surface area contributed by atoms with Crippen LogP contribution in [-0.4, -0.2) is 80.3 Å². The van der Waals surface area contributed by atoms with Gasteiger partial charge in [-0.3, -0.25) is 4.79 Å². The number of carbonyl (C=O) groups excluding carboxylic acids is 1. The molecular weight excluding hydrogens is 356 g/mol. The second-order valence-electron chi connectivity index (χ2n) is 8.43. The van der Waals surface area contributed by atoms with Crippen molar-refractivity contribution in [2.75, 3.05) is 6.61 Å². The minimum atomic E-state index is -1.51. The number of ether oxygens (including phenoxy) is 2. The molecule has 1 aliphatic carbocycles. The maximum absolute atomic E-state index is 11.9. The van der Waals surface area contributed by atoms with Crippen LogP contribution < -0.4 is 0 Å². The van der Waals surface area contributed by atoms with Crippen molar-refractivity contribution in [3.63, 3.8) is 0 Å². The summed E-state index contributed by atoms with van der Waals surface area (Å²) in [6, 6.07) is 0. The number of rotatable bonds is 5. The van der Waals surface area contributed by atoms with Crippen molar-refractivity contribution in [2.24, 2.45) is 11.3 Å². The summed E-state index contributed by atoms with van der Waals surface area (Å²) in [6.45, 7) is 6.65. The highest BCUT2D eigenvalue weighted by atomic mass is 16.7. The van der Waals surface area contributed by atoms with Gasteiger partial charge in [-0.1, -0.05) is 32.9 Å². The molecule has 156 valence electrons. The van der Waals surface area contributed by atoms with E-state index in [1.807, 2.05) is 20.8 Å². The first-order valence-electron chi connectivity index (χ1n) is 9.32. The van der Waals surface area contributed by atoms with Crippen molar-refractivity contribution < 1.29 is 39.8 Å². The van der Waals surface area contributed by atoms with E-state index < -0.39 is 54.4 Å². The number of Topliss-reactive ketones (excluding diaryl/α,β-unsaturated/α-hetero) is 1. The zero-order chi connectivity index (χ0) is 20.6. The van der Waals surface area contributed by atoms with Gasteiger partial charge in [0.05, 0.1) is 18.3 Å². The maximum Gasteiger partial charge on any atom is 0.187 e. The Morgan fingerprint density at radius 3 is 2.44 bits per heavy atom. The fraction of sp³-hybridized carbons (Fsp3) is 0.842. The summed E-state index contributed by atoms with van der Waals surface area (Å²) in [6.07, 6.45) is -3.51. The number of hydrogen-bond donors (Lipinski definition) is 5. The molecule has 1 aliphatic heterocycles. The third-order valence-electron chi connectivity index (χ3n) is 5.83. The van der Waals surface area contributed by atoms with E-state index in [4.69, 9.17) is 9.47 Å². The van der Waals surface area contributed by atoms with Gasteiger partial charge in [-0.05, 0) is 12.8 Å². The first-order chi connectivity index (χ1) is 12.4. The molecule has 1 heterocycles. The van der Waals surface area contributed by atoms with Crippen molar-refractivity contribution in [2.45, 2.75) is 82.9 Å². The van der Waals surface area contributed by atoms with Gasteiger partial charge >= 0.3 is 0 Å². The molecular formula is C19H32O8. The molecule has 5 N–H and O–H groups in total. The molecule has 0 aromatic heterocycles. The van der Waals surface area contributed by atoms with Gasteiger partial charge in [0.2, 0.25) is 0 Å². The summed E-state index contributed by atoms with van der Waals surface area (Å²) in [4.78, 5) is 11.9. The molecule has 0 radical (unpaired) electrons. The Hall–Kier alpha value is -0.870. The van der Waals surface area contributed by atoms with Crippen LogP contribution in [0.5, 0.6) is 0 Å². The Balaban J connectivity index is 2.08. The van der Waals surface area contributed by atoms with Gasteiger partial charge in [0.15, 0.2) is 6.29 Å². The summed E-state index contributed by atoms with van der Waals surface area (Å²) < 4.78 is 10.9. The Bertz CT molecular complexity index is 560. The number of aliphatic hydroxyl groups is 5. The predicted octanol–water partition coefficient (Wildman–Crippen LogP) is -0.496. The zero-order valence-electron chi connectivity index (χ0n) is 16.3. The molecule has 2 rings (SSSR count). The summed E-state index contributed by atoms with van der Waals surface area (Å²) in [5.74, 6) is -0.138. The lowest BCUT2D eigenvalue weighted by Crippen LogP contribution is -2.59. The average Bonchev–Trinajstić information content (AvgIpc) is 2.58. The second kappa shape index (κ2) is 8.24. The molecule has 0 unspecified atom stereocenters. The normalized spacial score (nSPS) is 43.8. The lowest BCUT2D eigenvalue weighted by molar-refractivity contribution is -0.306. The SMILES string of the molecule is C[C@H](/C=C/[C@]1(O)[C@@H](C)CC(=O)CC1(C)C)O[C@H]1O[C@@H](CO)[C@H](O)[C@@H](O)[C@@H]1O. The van der Waals surface area contributed by atoms with E-state index in [2.05, 4.69) is 0 Å². The van der Waals surface area contributed by atoms with Gasteiger partial charge in [-0.25, -0.2) is 0 Å². The predicted molar refractivity (Wildman–Crippen MR) is 95.6 cm³/mol. The first-order valence-corrected chi connectivity index (χ1v) is 9.32. The summed E-state index contributed by atoms with van der Waals surface area (Å²) >= 11 is 0. The smallest absolute Gasteiger partial charge is 0.187 e. The lowest BCUT2D eigenvalue weighted by Gasteiger charge is -2.48. The van der Waals surface area contributed by atoms with Crippen LogP contribution in [0.2, 0.25) is 0 Å². The fourth-order valence-electron chi connectivity index (χ4n) is 3.98. The second-order valence-corrected chi connectivity index (χ2v) is 8.43. The fourth-order valence-corrected chi connectivity index (χ4v) is 3.98. The van der Waals surface area contributed by atoms with E-state index in [0.29, 0.717) is 6.42 Å². The molecule has 0 amide bonds. The lowest BCUT2D eigenvalue weighted by atomic mass is 9.60. The molecule has 1 saturated heterocycles. The quantitative estimate of drug-likeness (QED) is 0.398. The van der Waals surface area contributed by atoms with Crippen molar-refractivity contribution in [3.8, 4) is 0 Å². The molecule has 8 atom stereocenters. The maximum atomic E-state index is 11.9.